The molecule has 0 aliphatic heterocycles. The van der Waals surface area contributed by atoms with E-state index in [4.69, 9.17) is 26.8 Å². The van der Waals surface area contributed by atoms with Crippen LogP contribution in [0.5, 0.6) is 0 Å². The minimum atomic E-state index is -0.688. The Kier molecular flexibility index (Phi) is 7.47. The van der Waals surface area contributed by atoms with Gasteiger partial charge in [-0.1, -0.05) is 11.6 Å². The van der Waals surface area contributed by atoms with Gasteiger partial charge < -0.3 is 20.5 Å². The Morgan fingerprint density at radius 3 is 2.71 bits per heavy atom. The highest BCUT2D eigenvalue weighted by Crippen LogP contribution is 2.24. The molecule has 0 aliphatic carbocycles. The number of nitrogens with one attached hydrogen (secondary N) is 1. The van der Waals surface area contributed by atoms with Gasteiger partial charge in [-0.25, -0.2) is 9.78 Å². The predicted octanol–water partition coefficient (Wildman–Crippen LogP) is 3.56. The maximum atomic E-state index is 13.0. The number of halogens is 1. The third-order valence-corrected chi connectivity index (χ3v) is 5.72. The molecule has 0 saturated heterocycles. The summed E-state index contributed by atoms with van der Waals surface area (Å²) in [6.45, 7) is 7.69. The Morgan fingerprint density at radius 1 is 1.26 bits per heavy atom. The van der Waals surface area contributed by atoms with Gasteiger partial charge >= 0.3 is 6.09 Å². The maximum Gasteiger partial charge on any atom is 0.415 e. The van der Waals surface area contributed by atoms with Gasteiger partial charge in [-0.05, 0) is 45.4 Å². The van der Waals surface area contributed by atoms with Crippen LogP contribution in [0, 0.1) is 0 Å². The van der Waals surface area contributed by atoms with Crippen molar-refractivity contribution in [2.24, 2.45) is 7.05 Å². The summed E-state index contributed by atoms with van der Waals surface area (Å²) in [5.41, 5.74) is 8.16. The summed E-state index contributed by atoms with van der Waals surface area (Å²) in [6.07, 6.45) is 2.64. The number of hydrogen-bond donors (Lipinski definition) is 2. The number of benzene rings is 1. The minimum absolute atomic E-state index is 0.0954. The Hall–Kier alpha value is -3.90. The van der Waals surface area contributed by atoms with Crippen molar-refractivity contribution in [3.63, 3.8) is 0 Å². The molecule has 1 aromatic carbocycles. The summed E-state index contributed by atoms with van der Waals surface area (Å²) >= 11 is 6.22. The molecule has 0 spiro atoms. The monoisotopic (exact) mass is 542 g/mol. The Labute approximate surface area is 224 Å². The van der Waals surface area contributed by atoms with Crippen molar-refractivity contribution in [3.05, 3.63) is 46.9 Å². The summed E-state index contributed by atoms with van der Waals surface area (Å²) in [4.78, 5) is 31.1. The normalized spacial score (nSPS) is 12.6. The number of amides is 2. The number of nitrogens with zero attached hydrogens (tertiary/aromatic N) is 6. The van der Waals surface area contributed by atoms with Crippen LogP contribution in [0.15, 0.2) is 30.6 Å². The summed E-state index contributed by atoms with van der Waals surface area (Å²) < 4.78 is 14.3. The van der Waals surface area contributed by atoms with Crippen LogP contribution in [-0.2, 0) is 23.1 Å². The Balaban J connectivity index is 1.42. The van der Waals surface area contributed by atoms with Crippen LogP contribution in [0.2, 0.25) is 5.15 Å². The molecule has 0 bridgehead atoms. The van der Waals surface area contributed by atoms with Crippen molar-refractivity contribution < 1.29 is 19.1 Å². The van der Waals surface area contributed by atoms with Crippen LogP contribution in [0.25, 0.3) is 16.6 Å². The average Bonchev–Trinajstić information content (AvgIpc) is 3.40. The molecule has 3 heterocycles. The lowest BCUT2D eigenvalue weighted by atomic mass is 10.1. The van der Waals surface area contributed by atoms with E-state index in [1.165, 1.54) is 28.7 Å². The number of carbonyl (C=O) groups excluding carboxylic acids is 2. The Morgan fingerprint density at radius 2 is 2.00 bits per heavy atom. The fraction of sp³-hybridized carbons (Fsp3) is 0.400. The highest BCUT2D eigenvalue weighted by molar-refractivity contribution is 6.30. The lowest BCUT2D eigenvalue weighted by molar-refractivity contribution is 0.0587. The SMILES string of the molecule is CC(COCc1cc(N)c2cn(C)nc2c1)NC(=O)c1cnn2c(N(C)C(=O)OC(C)(C)C)cc(Cl)nc12. The van der Waals surface area contributed by atoms with Crippen molar-refractivity contribution in [2.75, 3.05) is 24.3 Å². The molecule has 12 nitrogen and oxygen atoms in total. The van der Waals surface area contributed by atoms with Crippen LogP contribution in [0.4, 0.5) is 16.3 Å². The molecule has 1 atom stereocenters. The van der Waals surface area contributed by atoms with Crippen molar-refractivity contribution in [3.8, 4) is 0 Å². The summed E-state index contributed by atoms with van der Waals surface area (Å²) in [5.74, 6) is -0.107. The number of aryl methyl sites for hydroxylation is 1. The van der Waals surface area contributed by atoms with Crippen molar-refractivity contribution in [1.82, 2.24) is 29.7 Å². The van der Waals surface area contributed by atoms with Gasteiger partial charge in [0.25, 0.3) is 5.91 Å². The first-order valence-corrected chi connectivity index (χ1v) is 12.3. The lowest BCUT2D eigenvalue weighted by Gasteiger charge is -2.24. The summed E-state index contributed by atoms with van der Waals surface area (Å²) in [5, 5.41) is 12.5. The van der Waals surface area contributed by atoms with Gasteiger partial charge in [0.1, 0.15) is 22.1 Å². The molecule has 0 aliphatic rings. The zero-order chi connectivity index (χ0) is 27.8. The number of aromatic nitrogens is 5. The van der Waals surface area contributed by atoms with Gasteiger partial charge in [0.2, 0.25) is 0 Å². The molecule has 3 aromatic heterocycles. The number of nitrogens with two attached hydrogens (primary N) is 1. The lowest BCUT2D eigenvalue weighted by Crippen LogP contribution is -2.36. The van der Waals surface area contributed by atoms with Gasteiger partial charge in [0, 0.05) is 43.5 Å². The van der Waals surface area contributed by atoms with Crippen LogP contribution in [0.1, 0.15) is 43.6 Å². The molecule has 0 fully saturated rings. The second-order valence-electron chi connectivity index (χ2n) is 10.1. The van der Waals surface area contributed by atoms with Crippen molar-refractivity contribution in [2.45, 2.75) is 45.9 Å². The highest BCUT2D eigenvalue weighted by Gasteiger charge is 2.25. The van der Waals surface area contributed by atoms with Gasteiger partial charge in [0.15, 0.2) is 5.65 Å². The van der Waals surface area contributed by atoms with Gasteiger partial charge in [0.05, 0.1) is 24.9 Å². The van der Waals surface area contributed by atoms with Crippen LogP contribution in [0.3, 0.4) is 0 Å². The standard InChI is InChI=1S/C25H31ClN8O4/c1-14(12-37-13-15-7-18(27)17-11-32(5)31-19(17)8-15)29-23(35)16-10-28-34-21(9-20(26)30-22(16)34)33(6)24(36)38-25(2,3)4/h7-11,14H,12-13,27H2,1-6H3,(H,29,35). The molecule has 1 unspecified atom stereocenters. The topological polar surface area (TPSA) is 142 Å². The molecule has 202 valence electrons. The first-order valence-electron chi connectivity index (χ1n) is 11.9. The van der Waals surface area contributed by atoms with E-state index in [2.05, 4.69) is 20.5 Å². The van der Waals surface area contributed by atoms with E-state index in [-0.39, 0.29) is 29.0 Å². The molecule has 4 rings (SSSR count). The third-order valence-electron chi connectivity index (χ3n) is 5.52. The molecular formula is C25H31ClN8O4. The van der Waals surface area contributed by atoms with E-state index in [9.17, 15) is 9.59 Å². The van der Waals surface area contributed by atoms with E-state index < -0.39 is 17.6 Å². The molecule has 3 N–H and O–H groups in total. The highest BCUT2D eigenvalue weighted by atomic mass is 35.5. The van der Waals surface area contributed by atoms with E-state index in [1.807, 2.05) is 32.3 Å². The first-order chi connectivity index (χ1) is 17.8. The van der Waals surface area contributed by atoms with E-state index in [1.54, 1.807) is 25.5 Å². The van der Waals surface area contributed by atoms with Gasteiger partial charge in [-0.3, -0.25) is 14.4 Å². The molecule has 38 heavy (non-hydrogen) atoms. The zero-order valence-corrected chi connectivity index (χ0v) is 22.9. The van der Waals surface area contributed by atoms with Crippen LogP contribution in [-0.4, -0.2) is 61.7 Å². The van der Waals surface area contributed by atoms with E-state index >= 15 is 0 Å². The fourth-order valence-corrected chi connectivity index (χ4v) is 4.03. The second kappa shape index (κ2) is 10.5. The van der Waals surface area contributed by atoms with Crippen LogP contribution >= 0.6 is 11.6 Å². The second-order valence-corrected chi connectivity index (χ2v) is 10.5. The van der Waals surface area contributed by atoms with Gasteiger partial charge in [-0.15, -0.1) is 0 Å². The number of nitrogen functional groups attached to an aromatic ring is 1. The summed E-state index contributed by atoms with van der Waals surface area (Å²) in [6, 6.07) is 4.93. The Bertz CT molecular complexity index is 1510. The van der Waals surface area contributed by atoms with Gasteiger partial charge in [-0.2, -0.15) is 14.7 Å². The summed E-state index contributed by atoms with van der Waals surface area (Å²) in [7, 11) is 3.37. The molecule has 4 aromatic rings. The minimum Gasteiger partial charge on any atom is -0.443 e. The molecule has 0 saturated carbocycles. The predicted molar refractivity (Wildman–Crippen MR) is 144 cm³/mol. The number of hydrogen-bond acceptors (Lipinski definition) is 8. The first kappa shape index (κ1) is 27.1. The average molecular weight is 543 g/mol. The molecule has 0 radical (unpaired) electrons. The van der Waals surface area contributed by atoms with Crippen LogP contribution < -0.4 is 16.0 Å². The van der Waals surface area contributed by atoms with Crippen molar-refractivity contribution >= 4 is 51.7 Å². The fourth-order valence-electron chi connectivity index (χ4n) is 3.85. The number of carbonyl (C=O) groups is 2. The van der Waals surface area contributed by atoms with E-state index in [0.29, 0.717) is 18.1 Å². The molecule has 2 amide bonds. The van der Waals surface area contributed by atoms with Crippen molar-refractivity contribution in [1.29, 1.82) is 0 Å². The number of anilines is 2. The largest absolute Gasteiger partial charge is 0.443 e. The number of fused-ring (bicyclic) bond motifs is 2. The zero-order valence-electron chi connectivity index (χ0n) is 22.1. The molecule has 13 heteroatoms. The molecular weight excluding hydrogens is 512 g/mol. The smallest absolute Gasteiger partial charge is 0.415 e. The number of ether oxygens (including phenoxy) is 2. The third kappa shape index (κ3) is 5.97. The maximum absolute atomic E-state index is 13.0. The number of rotatable bonds is 7. The quantitative estimate of drug-likeness (QED) is 0.266. The van der Waals surface area contributed by atoms with E-state index in [0.717, 1.165) is 16.5 Å².